The minimum atomic E-state index is -0.871. The second kappa shape index (κ2) is 4.04. The van der Waals surface area contributed by atoms with Gasteiger partial charge < -0.3 is 20.5 Å². The molecule has 0 radical (unpaired) electrons. The fourth-order valence-corrected chi connectivity index (χ4v) is 1.38. The summed E-state index contributed by atoms with van der Waals surface area (Å²) >= 11 is 0. The predicted molar refractivity (Wildman–Crippen MR) is 47.1 cm³/mol. The highest BCUT2D eigenvalue weighted by molar-refractivity contribution is 5.86. The van der Waals surface area contributed by atoms with Gasteiger partial charge in [0, 0.05) is 20.2 Å². The number of carbonyl (C=O) groups excluding carboxylic acids is 1. The number of nitrogens with zero attached hydrogens (tertiary/aromatic N) is 1. The average molecular weight is 188 g/mol. The normalized spacial score (nSPS) is 27.6. The first-order valence-corrected chi connectivity index (χ1v) is 4.33. The highest BCUT2D eigenvalue weighted by Crippen LogP contribution is 2.17. The van der Waals surface area contributed by atoms with Crippen molar-refractivity contribution >= 4 is 5.91 Å². The van der Waals surface area contributed by atoms with E-state index in [2.05, 4.69) is 0 Å². The maximum absolute atomic E-state index is 11.7. The van der Waals surface area contributed by atoms with E-state index in [0.29, 0.717) is 19.6 Å². The average Bonchev–Trinajstić information content (AvgIpc) is 2.52. The molecule has 1 atom stereocenters. The fraction of sp³-hybridized carbons (Fsp3) is 0.875. The summed E-state index contributed by atoms with van der Waals surface area (Å²) in [5.41, 5.74) is 4.96. The van der Waals surface area contributed by atoms with Gasteiger partial charge in [-0.1, -0.05) is 0 Å². The molecule has 0 saturated carbocycles. The first-order chi connectivity index (χ1) is 6.10. The van der Waals surface area contributed by atoms with Crippen molar-refractivity contribution in [2.24, 2.45) is 5.73 Å². The zero-order valence-corrected chi connectivity index (χ0v) is 7.82. The van der Waals surface area contributed by atoms with Crippen molar-refractivity contribution < 1.29 is 14.6 Å². The smallest absolute Gasteiger partial charge is 0.244 e. The van der Waals surface area contributed by atoms with Gasteiger partial charge in [-0.3, -0.25) is 4.79 Å². The van der Waals surface area contributed by atoms with Gasteiger partial charge >= 0.3 is 0 Å². The number of carbonyl (C=O) groups is 1. The molecule has 13 heavy (non-hydrogen) atoms. The molecule has 1 amide bonds. The Morgan fingerprint density at radius 3 is 2.92 bits per heavy atom. The Bertz CT molecular complexity index is 190. The molecule has 0 bridgehead atoms. The molecule has 0 spiro atoms. The van der Waals surface area contributed by atoms with Crippen LogP contribution in [0, 0.1) is 0 Å². The Morgan fingerprint density at radius 2 is 2.46 bits per heavy atom. The molecule has 5 heteroatoms. The SMILES string of the molecule is CN(CCO)C(=O)C1(N)CCOC1. The number of nitrogens with two attached hydrogens (primary N) is 1. The highest BCUT2D eigenvalue weighted by Gasteiger charge is 2.39. The first-order valence-electron chi connectivity index (χ1n) is 4.33. The van der Waals surface area contributed by atoms with Gasteiger partial charge in [0.15, 0.2) is 0 Å². The number of hydrogen-bond acceptors (Lipinski definition) is 4. The van der Waals surface area contributed by atoms with E-state index >= 15 is 0 Å². The van der Waals surface area contributed by atoms with Gasteiger partial charge in [-0.2, -0.15) is 0 Å². The lowest BCUT2D eigenvalue weighted by Crippen LogP contribution is -2.55. The molecule has 76 valence electrons. The lowest BCUT2D eigenvalue weighted by atomic mass is 9.99. The zero-order valence-electron chi connectivity index (χ0n) is 7.82. The van der Waals surface area contributed by atoms with Crippen LogP contribution in [-0.2, 0) is 9.53 Å². The van der Waals surface area contributed by atoms with E-state index in [0.717, 1.165) is 0 Å². The number of rotatable bonds is 3. The van der Waals surface area contributed by atoms with E-state index in [1.807, 2.05) is 0 Å². The molecule has 0 aromatic rings. The lowest BCUT2D eigenvalue weighted by molar-refractivity contribution is -0.136. The van der Waals surface area contributed by atoms with Crippen LogP contribution in [0.3, 0.4) is 0 Å². The van der Waals surface area contributed by atoms with Crippen molar-refractivity contribution in [3.63, 3.8) is 0 Å². The molecule has 1 saturated heterocycles. The summed E-state index contributed by atoms with van der Waals surface area (Å²) in [6.07, 6.45) is 0.557. The van der Waals surface area contributed by atoms with Crippen LogP contribution in [0.1, 0.15) is 6.42 Å². The summed E-state index contributed by atoms with van der Waals surface area (Å²) in [4.78, 5) is 13.1. The van der Waals surface area contributed by atoms with Crippen LogP contribution in [-0.4, -0.2) is 54.9 Å². The number of likely N-dealkylation sites (N-methyl/N-ethyl adjacent to an activating group) is 1. The van der Waals surface area contributed by atoms with E-state index < -0.39 is 5.54 Å². The first kappa shape index (κ1) is 10.4. The topological polar surface area (TPSA) is 75.8 Å². The Labute approximate surface area is 77.5 Å². The monoisotopic (exact) mass is 188 g/mol. The van der Waals surface area contributed by atoms with Gasteiger partial charge in [0.2, 0.25) is 5.91 Å². The molecular weight excluding hydrogens is 172 g/mol. The minimum absolute atomic E-state index is 0.0425. The van der Waals surface area contributed by atoms with Gasteiger partial charge in [-0.25, -0.2) is 0 Å². The van der Waals surface area contributed by atoms with Crippen molar-refractivity contribution in [2.75, 3.05) is 33.4 Å². The van der Waals surface area contributed by atoms with Crippen LogP contribution in [0.25, 0.3) is 0 Å². The molecule has 0 aromatic heterocycles. The third-order valence-corrected chi connectivity index (χ3v) is 2.26. The second-order valence-corrected chi connectivity index (χ2v) is 3.41. The third kappa shape index (κ3) is 2.18. The zero-order chi connectivity index (χ0) is 9.90. The van der Waals surface area contributed by atoms with Crippen molar-refractivity contribution in [1.82, 2.24) is 4.90 Å². The summed E-state index contributed by atoms with van der Waals surface area (Å²) in [5.74, 6) is -0.154. The van der Waals surface area contributed by atoms with Crippen LogP contribution < -0.4 is 5.73 Å². The molecule has 1 heterocycles. The third-order valence-electron chi connectivity index (χ3n) is 2.26. The fourth-order valence-electron chi connectivity index (χ4n) is 1.38. The lowest BCUT2D eigenvalue weighted by Gasteiger charge is -2.26. The van der Waals surface area contributed by atoms with Gasteiger partial charge in [-0.05, 0) is 6.42 Å². The molecule has 1 unspecified atom stereocenters. The molecule has 5 nitrogen and oxygen atoms in total. The maximum atomic E-state index is 11.7. The molecule has 1 rings (SSSR count). The summed E-state index contributed by atoms with van der Waals surface area (Å²) in [6, 6.07) is 0. The number of hydrogen-bond donors (Lipinski definition) is 2. The quantitative estimate of drug-likeness (QED) is 0.568. The Kier molecular flexibility index (Phi) is 3.24. The van der Waals surface area contributed by atoms with Crippen LogP contribution in [0.4, 0.5) is 0 Å². The van der Waals surface area contributed by atoms with Crippen LogP contribution in [0.5, 0.6) is 0 Å². The van der Waals surface area contributed by atoms with Crippen LogP contribution >= 0.6 is 0 Å². The van der Waals surface area contributed by atoms with E-state index in [-0.39, 0.29) is 19.1 Å². The number of aliphatic hydroxyl groups is 1. The Hall–Kier alpha value is -0.650. The van der Waals surface area contributed by atoms with E-state index in [9.17, 15) is 4.79 Å². The largest absolute Gasteiger partial charge is 0.395 e. The highest BCUT2D eigenvalue weighted by atomic mass is 16.5. The van der Waals surface area contributed by atoms with Gasteiger partial charge in [0.25, 0.3) is 0 Å². The van der Waals surface area contributed by atoms with Gasteiger partial charge in [0.1, 0.15) is 5.54 Å². The van der Waals surface area contributed by atoms with Gasteiger partial charge in [0.05, 0.1) is 13.2 Å². The van der Waals surface area contributed by atoms with Gasteiger partial charge in [-0.15, -0.1) is 0 Å². The van der Waals surface area contributed by atoms with Crippen LogP contribution in [0.15, 0.2) is 0 Å². The maximum Gasteiger partial charge on any atom is 0.244 e. The van der Waals surface area contributed by atoms with Crippen molar-refractivity contribution in [1.29, 1.82) is 0 Å². The molecule has 1 fully saturated rings. The molecule has 3 N–H and O–H groups in total. The molecule has 1 aliphatic heterocycles. The van der Waals surface area contributed by atoms with Crippen LogP contribution in [0.2, 0.25) is 0 Å². The van der Waals surface area contributed by atoms with Crippen molar-refractivity contribution in [3.05, 3.63) is 0 Å². The van der Waals surface area contributed by atoms with Crippen molar-refractivity contribution in [2.45, 2.75) is 12.0 Å². The van der Waals surface area contributed by atoms with Crippen molar-refractivity contribution in [3.8, 4) is 0 Å². The standard InChI is InChI=1S/C8H16N2O3/c1-10(3-4-11)7(12)8(9)2-5-13-6-8/h11H,2-6,9H2,1H3. The number of amides is 1. The second-order valence-electron chi connectivity index (χ2n) is 3.41. The van der Waals surface area contributed by atoms with E-state index in [1.54, 1.807) is 7.05 Å². The molecular formula is C8H16N2O3. The molecule has 0 aromatic carbocycles. The predicted octanol–water partition coefficient (Wildman–Crippen LogP) is -1.45. The number of ether oxygens (including phenoxy) is 1. The Balaban J connectivity index is 2.54. The summed E-state index contributed by atoms with van der Waals surface area (Å²) in [5, 5.41) is 8.65. The summed E-state index contributed by atoms with van der Waals surface area (Å²) in [7, 11) is 1.63. The summed E-state index contributed by atoms with van der Waals surface area (Å²) in [6.45, 7) is 1.09. The van der Waals surface area contributed by atoms with E-state index in [4.69, 9.17) is 15.6 Å². The molecule has 0 aliphatic carbocycles. The van der Waals surface area contributed by atoms with E-state index in [1.165, 1.54) is 4.90 Å². The molecule has 1 aliphatic rings. The Morgan fingerprint density at radius 1 is 1.77 bits per heavy atom. The number of aliphatic hydroxyl groups excluding tert-OH is 1. The minimum Gasteiger partial charge on any atom is -0.395 e. The summed E-state index contributed by atoms with van der Waals surface area (Å²) < 4.78 is 5.07.